The number of carbonyl (C=O) groups excluding carboxylic acids is 2. The molecule has 7 unspecified atom stereocenters. The van der Waals surface area contributed by atoms with Crippen LogP contribution in [0.5, 0.6) is 0 Å². The minimum absolute atomic E-state index is 0.0174. The van der Waals surface area contributed by atoms with E-state index >= 15 is 0 Å². The molecule has 1 saturated heterocycles. The van der Waals surface area contributed by atoms with E-state index in [0.29, 0.717) is 35.7 Å². The Labute approximate surface area is 164 Å². The summed E-state index contributed by atoms with van der Waals surface area (Å²) in [5.74, 6) is 2.48. The highest BCUT2D eigenvalue weighted by Gasteiger charge is 2.79. The van der Waals surface area contributed by atoms with E-state index in [0.717, 1.165) is 25.7 Å². The molecule has 8 atom stereocenters. The largest absolute Gasteiger partial charge is 0.365 e. The molecule has 27 heavy (non-hydrogen) atoms. The summed E-state index contributed by atoms with van der Waals surface area (Å²) in [4.78, 5) is 24.4. The second-order valence-corrected chi connectivity index (χ2v) is 10.1. The fourth-order valence-electron chi connectivity index (χ4n) is 8.08. The zero-order valence-corrected chi connectivity index (χ0v) is 17.9. The van der Waals surface area contributed by atoms with Crippen LogP contribution in [0.25, 0.3) is 0 Å². The van der Waals surface area contributed by atoms with Gasteiger partial charge in [-0.3, -0.25) is 9.59 Å². The Hall–Kier alpha value is -0.960. The number of carbonyl (C=O) groups is 2. The van der Waals surface area contributed by atoms with Crippen molar-refractivity contribution in [2.24, 2.45) is 34.5 Å². The monoisotopic (exact) mass is 372 g/mol. The Morgan fingerprint density at radius 2 is 1.89 bits per heavy atom. The lowest BCUT2D eigenvalue weighted by atomic mass is 9.45. The van der Waals surface area contributed by atoms with Crippen LogP contribution in [0.3, 0.4) is 0 Å². The van der Waals surface area contributed by atoms with Gasteiger partial charge < -0.3 is 4.74 Å². The first-order valence-corrected chi connectivity index (χ1v) is 11.2. The van der Waals surface area contributed by atoms with Gasteiger partial charge in [-0.1, -0.05) is 40.2 Å². The lowest BCUT2D eigenvalue weighted by Gasteiger charge is -2.57. The number of ketones is 2. The van der Waals surface area contributed by atoms with Crippen LogP contribution in [0.4, 0.5) is 0 Å². The van der Waals surface area contributed by atoms with Crippen LogP contribution in [0, 0.1) is 34.5 Å². The van der Waals surface area contributed by atoms with Gasteiger partial charge in [0, 0.05) is 17.8 Å². The molecular weight excluding hydrogens is 336 g/mol. The Bertz CT molecular complexity index is 708. The summed E-state index contributed by atoms with van der Waals surface area (Å²) in [6, 6.07) is 0. The summed E-state index contributed by atoms with van der Waals surface area (Å²) < 4.78 is 6.59. The van der Waals surface area contributed by atoms with Gasteiger partial charge in [0.25, 0.3) is 0 Å². The lowest BCUT2D eigenvalue weighted by Crippen LogP contribution is -2.59. The predicted molar refractivity (Wildman–Crippen MR) is 106 cm³/mol. The summed E-state index contributed by atoms with van der Waals surface area (Å²) in [5.41, 5.74) is 1.43. The van der Waals surface area contributed by atoms with Gasteiger partial charge in [-0.2, -0.15) is 0 Å². The predicted octanol–water partition coefficient (Wildman–Crippen LogP) is 5.13. The summed E-state index contributed by atoms with van der Waals surface area (Å²) in [6.07, 6.45) is 8.22. The molecule has 1 spiro atoms. The van der Waals surface area contributed by atoms with E-state index in [1.54, 1.807) is 6.92 Å². The van der Waals surface area contributed by atoms with E-state index < -0.39 is 0 Å². The first kappa shape index (κ1) is 19.4. The molecule has 1 aliphatic heterocycles. The SMILES string of the molecule is CC.CC(=O)C1CCC2C3C[C@H](C)C4=CC(=O)CCC4(C)C34OC4CC12C. The highest BCUT2D eigenvalue weighted by atomic mass is 16.6. The van der Waals surface area contributed by atoms with Gasteiger partial charge in [0.15, 0.2) is 5.78 Å². The molecule has 0 amide bonds. The molecule has 3 saturated carbocycles. The maximum atomic E-state index is 12.3. The minimum Gasteiger partial charge on any atom is -0.365 e. The summed E-state index contributed by atoms with van der Waals surface area (Å²) in [5, 5.41) is 0. The highest BCUT2D eigenvalue weighted by Crippen LogP contribution is 2.76. The van der Waals surface area contributed by atoms with Gasteiger partial charge in [0.05, 0.1) is 6.10 Å². The van der Waals surface area contributed by atoms with Gasteiger partial charge in [-0.05, 0) is 68.3 Å². The highest BCUT2D eigenvalue weighted by molar-refractivity contribution is 5.92. The van der Waals surface area contributed by atoms with Crippen molar-refractivity contribution in [2.75, 3.05) is 0 Å². The molecule has 1 heterocycles. The number of hydrogen-bond donors (Lipinski definition) is 0. The molecule has 0 bridgehead atoms. The van der Waals surface area contributed by atoms with Crippen LogP contribution in [-0.2, 0) is 14.3 Å². The number of fused-ring (bicyclic) bond motifs is 3. The first-order chi connectivity index (χ1) is 12.7. The number of rotatable bonds is 1. The maximum absolute atomic E-state index is 12.3. The van der Waals surface area contributed by atoms with E-state index in [-0.39, 0.29) is 28.5 Å². The zero-order chi connectivity index (χ0) is 19.8. The average Bonchev–Trinajstić information content (AvgIpc) is 3.24. The average molecular weight is 373 g/mol. The fraction of sp³-hybridized carbons (Fsp3) is 0.833. The van der Waals surface area contributed by atoms with Crippen LogP contribution in [0.15, 0.2) is 11.6 Å². The minimum atomic E-state index is -0.0537. The maximum Gasteiger partial charge on any atom is 0.155 e. The summed E-state index contributed by atoms with van der Waals surface area (Å²) >= 11 is 0. The van der Waals surface area contributed by atoms with E-state index in [9.17, 15) is 9.59 Å². The number of hydrogen-bond acceptors (Lipinski definition) is 3. The van der Waals surface area contributed by atoms with E-state index in [4.69, 9.17) is 4.74 Å². The molecule has 150 valence electrons. The number of ether oxygens (including phenoxy) is 1. The Balaban J connectivity index is 0.000000872. The van der Waals surface area contributed by atoms with Gasteiger partial charge in [0.2, 0.25) is 0 Å². The van der Waals surface area contributed by atoms with Crippen molar-refractivity contribution in [2.45, 2.75) is 91.8 Å². The molecule has 3 nitrogen and oxygen atoms in total. The smallest absolute Gasteiger partial charge is 0.155 e. The Kier molecular flexibility index (Phi) is 4.31. The third kappa shape index (κ3) is 2.24. The Morgan fingerprint density at radius 1 is 1.19 bits per heavy atom. The molecule has 3 heteroatoms. The van der Waals surface area contributed by atoms with Gasteiger partial charge in [0.1, 0.15) is 11.4 Å². The lowest BCUT2D eigenvalue weighted by molar-refractivity contribution is -0.127. The van der Waals surface area contributed by atoms with Crippen LogP contribution in [0.1, 0.15) is 80.1 Å². The molecule has 4 fully saturated rings. The van der Waals surface area contributed by atoms with E-state index in [1.165, 1.54) is 12.0 Å². The van der Waals surface area contributed by atoms with E-state index in [2.05, 4.69) is 20.8 Å². The molecule has 0 N–H and O–H groups in total. The van der Waals surface area contributed by atoms with Gasteiger partial charge >= 0.3 is 0 Å². The number of Topliss-reactive ketones (excluding diaryl/α,β-unsaturated/α-hetero) is 1. The molecule has 0 aromatic carbocycles. The molecule has 5 rings (SSSR count). The van der Waals surface area contributed by atoms with Crippen molar-refractivity contribution in [3.8, 4) is 0 Å². The van der Waals surface area contributed by atoms with Gasteiger partial charge in [-0.25, -0.2) is 0 Å². The normalized spacial score (nSPS) is 52.3. The summed E-state index contributed by atoms with van der Waals surface area (Å²) in [7, 11) is 0. The summed E-state index contributed by atoms with van der Waals surface area (Å²) in [6.45, 7) is 12.8. The van der Waals surface area contributed by atoms with Crippen molar-refractivity contribution in [3.05, 3.63) is 11.6 Å². The third-order valence-corrected chi connectivity index (χ3v) is 9.15. The second kappa shape index (κ2) is 6.02. The molecule has 4 aliphatic carbocycles. The standard InChI is InChI=1S/C22H30O3.C2H6/c1-12-9-18-16-6-5-15(13(2)23)20(16,3)11-19-22(18,25-19)21(4)8-7-14(24)10-17(12)21;1-2/h10,12,15-16,18-19H,5-9,11H2,1-4H3;1-2H3/t12-,15?,16?,18?,19?,20?,21?,22?;/m0./s1. The van der Waals surface area contributed by atoms with Crippen molar-refractivity contribution < 1.29 is 14.3 Å². The zero-order valence-electron chi connectivity index (χ0n) is 17.9. The molecule has 0 aromatic rings. The molecule has 0 radical (unpaired) electrons. The van der Waals surface area contributed by atoms with Crippen LogP contribution >= 0.6 is 0 Å². The van der Waals surface area contributed by atoms with Crippen LogP contribution in [-0.4, -0.2) is 23.3 Å². The van der Waals surface area contributed by atoms with Crippen molar-refractivity contribution in [1.82, 2.24) is 0 Å². The van der Waals surface area contributed by atoms with Gasteiger partial charge in [-0.15, -0.1) is 0 Å². The van der Waals surface area contributed by atoms with E-state index in [1.807, 2.05) is 19.9 Å². The number of epoxide rings is 1. The van der Waals surface area contributed by atoms with Crippen molar-refractivity contribution >= 4 is 11.6 Å². The van der Waals surface area contributed by atoms with Crippen molar-refractivity contribution in [3.63, 3.8) is 0 Å². The van der Waals surface area contributed by atoms with Crippen LogP contribution in [0.2, 0.25) is 0 Å². The first-order valence-electron chi connectivity index (χ1n) is 11.2. The topological polar surface area (TPSA) is 46.7 Å². The quantitative estimate of drug-likeness (QED) is 0.600. The third-order valence-electron chi connectivity index (χ3n) is 9.15. The fourth-order valence-corrected chi connectivity index (χ4v) is 8.08. The van der Waals surface area contributed by atoms with Crippen molar-refractivity contribution in [1.29, 1.82) is 0 Å². The molecular formula is C24H36O3. The molecule has 0 aromatic heterocycles. The Morgan fingerprint density at radius 3 is 2.56 bits per heavy atom. The van der Waals surface area contributed by atoms with Crippen LogP contribution < -0.4 is 0 Å². The second-order valence-electron chi connectivity index (χ2n) is 10.1. The molecule has 5 aliphatic rings.